The molecule has 4 heteroatoms. The van der Waals surface area contributed by atoms with E-state index in [2.05, 4.69) is 5.32 Å². The molecule has 0 aromatic heterocycles. The maximum absolute atomic E-state index is 5.75. The van der Waals surface area contributed by atoms with E-state index >= 15 is 0 Å². The molecule has 0 heterocycles. The topological polar surface area (TPSA) is 39.7 Å². The molecule has 0 aliphatic carbocycles. The van der Waals surface area contributed by atoms with Crippen molar-refractivity contribution in [2.45, 2.75) is 6.10 Å². The highest BCUT2D eigenvalue weighted by Gasteiger charge is 2.08. The third-order valence-corrected chi connectivity index (χ3v) is 2.15. The van der Waals surface area contributed by atoms with Gasteiger partial charge < -0.3 is 19.5 Å². The molecule has 1 rings (SSSR count). The van der Waals surface area contributed by atoms with Crippen LogP contribution in [0.1, 0.15) is 0 Å². The molecule has 1 aromatic carbocycles. The van der Waals surface area contributed by atoms with Crippen LogP contribution in [0.3, 0.4) is 0 Å². The Morgan fingerprint density at radius 3 is 2.25 bits per heavy atom. The lowest BCUT2D eigenvalue weighted by atomic mass is 10.3. The molecule has 90 valence electrons. The van der Waals surface area contributed by atoms with E-state index in [1.54, 1.807) is 14.2 Å². The maximum Gasteiger partial charge on any atom is 0.134 e. The van der Waals surface area contributed by atoms with Crippen molar-refractivity contribution < 1.29 is 14.2 Å². The van der Waals surface area contributed by atoms with E-state index in [9.17, 15) is 0 Å². The van der Waals surface area contributed by atoms with Gasteiger partial charge in [0.05, 0.1) is 13.7 Å². The molecule has 0 amide bonds. The van der Waals surface area contributed by atoms with Gasteiger partial charge in [0.15, 0.2) is 0 Å². The first-order chi connectivity index (χ1) is 7.80. The molecular formula is C12H19NO3. The molecule has 0 aliphatic heterocycles. The van der Waals surface area contributed by atoms with Crippen LogP contribution in [-0.4, -0.2) is 40.5 Å². The zero-order chi connectivity index (χ0) is 11.8. The van der Waals surface area contributed by atoms with E-state index in [1.165, 1.54) is 0 Å². The predicted molar refractivity (Wildman–Crippen MR) is 63.2 cm³/mol. The number of likely N-dealkylation sites (N-methyl/N-ethyl adjacent to an activating group) is 1. The van der Waals surface area contributed by atoms with Crippen molar-refractivity contribution in [2.24, 2.45) is 0 Å². The lowest BCUT2D eigenvalue weighted by molar-refractivity contribution is 0.0818. The summed E-state index contributed by atoms with van der Waals surface area (Å²) in [5.41, 5.74) is 0. The van der Waals surface area contributed by atoms with E-state index < -0.39 is 0 Å². The van der Waals surface area contributed by atoms with Gasteiger partial charge in [0.25, 0.3) is 0 Å². The summed E-state index contributed by atoms with van der Waals surface area (Å²) in [6.45, 7) is 1.31. The van der Waals surface area contributed by atoms with Crippen LogP contribution in [-0.2, 0) is 4.74 Å². The van der Waals surface area contributed by atoms with Gasteiger partial charge in [-0.3, -0.25) is 0 Å². The molecule has 0 spiro atoms. The van der Waals surface area contributed by atoms with E-state index in [0.29, 0.717) is 6.61 Å². The molecule has 4 nitrogen and oxygen atoms in total. The zero-order valence-corrected chi connectivity index (χ0v) is 10.0. The number of hydrogen-bond acceptors (Lipinski definition) is 4. The highest BCUT2D eigenvalue weighted by atomic mass is 16.5. The van der Waals surface area contributed by atoms with E-state index in [4.69, 9.17) is 14.2 Å². The van der Waals surface area contributed by atoms with E-state index in [-0.39, 0.29) is 6.10 Å². The van der Waals surface area contributed by atoms with Crippen LogP contribution in [0.5, 0.6) is 11.5 Å². The van der Waals surface area contributed by atoms with Gasteiger partial charge in [-0.05, 0) is 31.3 Å². The van der Waals surface area contributed by atoms with Gasteiger partial charge in [-0.25, -0.2) is 0 Å². The molecule has 1 unspecified atom stereocenters. The van der Waals surface area contributed by atoms with Gasteiger partial charge in [-0.1, -0.05) is 0 Å². The van der Waals surface area contributed by atoms with Crippen molar-refractivity contribution in [1.82, 2.24) is 5.32 Å². The first-order valence-corrected chi connectivity index (χ1v) is 5.24. The van der Waals surface area contributed by atoms with Crippen LogP contribution >= 0.6 is 0 Å². The van der Waals surface area contributed by atoms with Gasteiger partial charge in [-0.2, -0.15) is 0 Å². The van der Waals surface area contributed by atoms with Crippen molar-refractivity contribution in [3.05, 3.63) is 24.3 Å². The Morgan fingerprint density at radius 2 is 1.75 bits per heavy atom. The fourth-order valence-corrected chi connectivity index (χ4v) is 1.39. The van der Waals surface area contributed by atoms with Crippen LogP contribution in [0.15, 0.2) is 24.3 Å². The largest absolute Gasteiger partial charge is 0.497 e. The summed E-state index contributed by atoms with van der Waals surface area (Å²) >= 11 is 0. The minimum absolute atomic E-state index is 0.0170. The van der Waals surface area contributed by atoms with E-state index in [0.717, 1.165) is 18.0 Å². The number of methoxy groups -OCH3 is 2. The van der Waals surface area contributed by atoms with Crippen molar-refractivity contribution in [3.8, 4) is 11.5 Å². The standard InChI is InChI=1S/C12H19NO3/c1-13-8-12(9-14-2)16-11-6-4-10(15-3)5-7-11/h4-7,12-13H,8-9H2,1-3H3. The summed E-state index contributed by atoms with van der Waals surface area (Å²) in [7, 11) is 5.20. The monoisotopic (exact) mass is 225 g/mol. The first-order valence-electron chi connectivity index (χ1n) is 5.24. The number of rotatable bonds is 7. The van der Waals surface area contributed by atoms with Crippen LogP contribution in [0, 0.1) is 0 Å². The Hall–Kier alpha value is -1.26. The third kappa shape index (κ3) is 4.08. The molecule has 16 heavy (non-hydrogen) atoms. The van der Waals surface area contributed by atoms with Crippen molar-refractivity contribution in [3.63, 3.8) is 0 Å². The molecule has 0 aliphatic rings. The highest BCUT2D eigenvalue weighted by Crippen LogP contribution is 2.18. The van der Waals surface area contributed by atoms with Gasteiger partial charge in [0.2, 0.25) is 0 Å². The molecule has 0 saturated carbocycles. The predicted octanol–water partition coefficient (Wildman–Crippen LogP) is 1.31. The second kappa shape index (κ2) is 7.09. The third-order valence-electron chi connectivity index (χ3n) is 2.15. The minimum Gasteiger partial charge on any atom is -0.497 e. The molecule has 1 aromatic rings. The van der Waals surface area contributed by atoms with Gasteiger partial charge in [-0.15, -0.1) is 0 Å². The van der Waals surface area contributed by atoms with Crippen molar-refractivity contribution in [1.29, 1.82) is 0 Å². The maximum atomic E-state index is 5.75. The lowest BCUT2D eigenvalue weighted by Gasteiger charge is -2.18. The highest BCUT2D eigenvalue weighted by molar-refractivity contribution is 5.31. The summed E-state index contributed by atoms with van der Waals surface area (Å²) in [5, 5.41) is 3.07. The van der Waals surface area contributed by atoms with E-state index in [1.807, 2.05) is 31.3 Å². The average molecular weight is 225 g/mol. The Bertz CT molecular complexity index is 281. The normalized spacial score (nSPS) is 12.2. The Kier molecular flexibility index (Phi) is 5.67. The second-order valence-corrected chi connectivity index (χ2v) is 3.43. The molecule has 0 fully saturated rings. The number of ether oxygens (including phenoxy) is 3. The second-order valence-electron chi connectivity index (χ2n) is 3.43. The molecule has 0 saturated heterocycles. The Balaban J connectivity index is 2.54. The fourth-order valence-electron chi connectivity index (χ4n) is 1.39. The molecule has 1 N–H and O–H groups in total. The van der Waals surface area contributed by atoms with Gasteiger partial charge >= 0.3 is 0 Å². The summed E-state index contributed by atoms with van der Waals surface area (Å²) in [6.07, 6.45) is 0.0170. The minimum atomic E-state index is 0.0170. The SMILES string of the molecule is CNCC(COC)Oc1ccc(OC)cc1. The van der Waals surface area contributed by atoms with Gasteiger partial charge in [0.1, 0.15) is 17.6 Å². The van der Waals surface area contributed by atoms with Crippen molar-refractivity contribution in [2.75, 3.05) is 34.4 Å². The van der Waals surface area contributed by atoms with Crippen LogP contribution < -0.4 is 14.8 Å². The van der Waals surface area contributed by atoms with Crippen molar-refractivity contribution >= 4 is 0 Å². The fraction of sp³-hybridized carbons (Fsp3) is 0.500. The number of benzene rings is 1. The Morgan fingerprint density at radius 1 is 1.12 bits per heavy atom. The Labute approximate surface area is 96.5 Å². The van der Waals surface area contributed by atoms with Crippen LogP contribution in [0.2, 0.25) is 0 Å². The smallest absolute Gasteiger partial charge is 0.134 e. The average Bonchev–Trinajstić information content (AvgIpc) is 2.31. The van der Waals surface area contributed by atoms with Crippen LogP contribution in [0.25, 0.3) is 0 Å². The summed E-state index contributed by atoms with van der Waals surface area (Å²) < 4.78 is 15.9. The summed E-state index contributed by atoms with van der Waals surface area (Å²) in [5.74, 6) is 1.64. The zero-order valence-electron chi connectivity index (χ0n) is 10.0. The quantitative estimate of drug-likeness (QED) is 0.759. The first kappa shape index (κ1) is 12.8. The molecule has 0 bridgehead atoms. The van der Waals surface area contributed by atoms with Crippen LogP contribution in [0.4, 0.5) is 0 Å². The lowest BCUT2D eigenvalue weighted by Crippen LogP contribution is -2.33. The summed E-state index contributed by atoms with van der Waals surface area (Å²) in [6, 6.07) is 7.52. The number of nitrogens with one attached hydrogen (secondary N) is 1. The molecular weight excluding hydrogens is 206 g/mol. The molecule has 0 radical (unpaired) electrons. The number of hydrogen-bond donors (Lipinski definition) is 1. The van der Waals surface area contributed by atoms with Gasteiger partial charge in [0, 0.05) is 13.7 Å². The molecule has 1 atom stereocenters. The summed E-state index contributed by atoms with van der Waals surface area (Å²) in [4.78, 5) is 0.